The summed E-state index contributed by atoms with van der Waals surface area (Å²) in [7, 11) is 0. The Labute approximate surface area is 104 Å². The molecule has 0 aromatic rings. The van der Waals surface area contributed by atoms with Crippen LogP contribution < -0.4 is 0 Å². The van der Waals surface area contributed by atoms with Crippen molar-refractivity contribution in [2.75, 3.05) is 13.2 Å². The zero-order valence-corrected chi connectivity index (χ0v) is 10.9. The third kappa shape index (κ3) is 2.66. The van der Waals surface area contributed by atoms with E-state index >= 15 is 0 Å². The quantitative estimate of drug-likeness (QED) is 0.821. The summed E-state index contributed by atoms with van der Waals surface area (Å²) in [6.07, 6.45) is 6.56. The maximum absolute atomic E-state index is 10.6. The van der Waals surface area contributed by atoms with Crippen molar-refractivity contribution in [2.24, 2.45) is 5.92 Å². The monoisotopic (exact) mass is 240 g/mol. The largest absolute Gasteiger partial charge is 0.495 e. The molecule has 17 heavy (non-hydrogen) atoms. The summed E-state index contributed by atoms with van der Waals surface area (Å²) in [6.45, 7) is 5.59. The second-order valence-electron chi connectivity index (χ2n) is 5.35. The normalized spacial score (nSPS) is 35.2. The lowest BCUT2D eigenvalue weighted by Crippen LogP contribution is -2.49. The average molecular weight is 240 g/mol. The zero-order chi connectivity index (χ0) is 12.3. The molecule has 1 heterocycles. The molecule has 0 bridgehead atoms. The van der Waals surface area contributed by atoms with Gasteiger partial charge in [-0.1, -0.05) is 19.8 Å². The van der Waals surface area contributed by atoms with Gasteiger partial charge in [-0.3, -0.25) is 0 Å². The molecule has 3 nitrogen and oxygen atoms in total. The molecule has 0 aromatic heterocycles. The van der Waals surface area contributed by atoms with Crippen molar-refractivity contribution in [2.45, 2.75) is 57.7 Å². The third-order valence-electron chi connectivity index (χ3n) is 3.92. The van der Waals surface area contributed by atoms with Crippen LogP contribution in [0.5, 0.6) is 0 Å². The van der Waals surface area contributed by atoms with Crippen LogP contribution >= 0.6 is 0 Å². The maximum Gasteiger partial charge on any atom is 0.139 e. The minimum Gasteiger partial charge on any atom is -0.495 e. The summed E-state index contributed by atoms with van der Waals surface area (Å²) in [5, 5.41) is 10.6. The fraction of sp³-hybridized carbons (Fsp3) is 0.857. The molecule has 98 valence electrons. The summed E-state index contributed by atoms with van der Waals surface area (Å²) < 4.78 is 11.4. The van der Waals surface area contributed by atoms with Crippen LogP contribution in [0.2, 0.25) is 0 Å². The highest BCUT2D eigenvalue weighted by Gasteiger charge is 2.44. The Kier molecular flexibility index (Phi) is 4.10. The van der Waals surface area contributed by atoms with E-state index in [9.17, 15) is 5.11 Å². The molecule has 1 fully saturated rings. The number of hydrogen-bond donors (Lipinski definition) is 1. The first-order chi connectivity index (χ1) is 8.18. The molecule has 2 rings (SSSR count). The van der Waals surface area contributed by atoms with Crippen molar-refractivity contribution in [1.29, 1.82) is 0 Å². The molecule has 0 radical (unpaired) electrons. The lowest BCUT2D eigenvalue weighted by atomic mass is 9.75. The van der Waals surface area contributed by atoms with Gasteiger partial charge in [-0.05, 0) is 31.8 Å². The van der Waals surface area contributed by atoms with E-state index in [4.69, 9.17) is 9.47 Å². The SMILES string of the molecule is CCOC1(C(O)C2=CCCO2)CCCC(C)C1. The molecule has 0 spiro atoms. The molecule has 3 heteroatoms. The Morgan fingerprint density at radius 1 is 1.65 bits per heavy atom. The molecule has 1 N–H and O–H groups in total. The topological polar surface area (TPSA) is 38.7 Å². The van der Waals surface area contributed by atoms with E-state index in [0.717, 1.165) is 31.4 Å². The van der Waals surface area contributed by atoms with Gasteiger partial charge in [0.15, 0.2) is 0 Å². The van der Waals surface area contributed by atoms with Crippen LogP contribution in [0.15, 0.2) is 11.8 Å². The zero-order valence-electron chi connectivity index (χ0n) is 10.9. The fourth-order valence-electron chi connectivity index (χ4n) is 3.18. The highest BCUT2D eigenvalue weighted by atomic mass is 16.5. The van der Waals surface area contributed by atoms with Gasteiger partial charge >= 0.3 is 0 Å². The van der Waals surface area contributed by atoms with Crippen LogP contribution in [-0.2, 0) is 9.47 Å². The highest BCUT2D eigenvalue weighted by Crippen LogP contribution is 2.40. The first kappa shape index (κ1) is 12.9. The molecule has 3 atom stereocenters. The Morgan fingerprint density at radius 2 is 2.47 bits per heavy atom. The van der Waals surface area contributed by atoms with Gasteiger partial charge in [0, 0.05) is 13.0 Å². The van der Waals surface area contributed by atoms with Crippen LogP contribution in [0.3, 0.4) is 0 Å². The van der Waals surface area contributed by atoms with Crippen LogP contribution in [0.25, 0.3) is 0 Å². The van der Waals surface area contributed by atoms with E-state index < -0.39 is 11.7 Å². The highest BCUT2D eigenvalue weighted by molar-refractivity contribution is 5.12. The Morgan fingerprint density at radius 3 is 3.06 bits per heavy atom. The summed E-state index contributed by atoms with van der Waals surface area (Å²) >= 11 is 0. The van der Waals surface area contributed by atoms with Gasteiger partial charge in [0.05, 0.1) is 6.61 Å². The number of aliphatic hydroxyl groups excluding tert-OH is 1. The molecule has 1 aliphatic carbocycles. The molecule has 1 saturated carbocycles. The van der Waals surface area contributed by atoms with Gasteiger partial charge < -0.3 is 14.6 Å². The van der Waals surface area contributed by atoms with Gasteiger partial charge in [0.2, 0.25) is 0 Å². The van der Waals surface area contributed by atoms with Crippen molar-refractivity contribution in [3.63, 3.8) is 0 Å². The lowest BCUT2D eigenvalue weighted by molar-refractivity contribution is -0.146. The van der Waals surface area contributed by atoms with E-state index in [0.29, 0.717) is 19.1 Å². The van der Waals surface area contributed by atoms with Gasteiger partial charge in [-0.15, -0.1) is 0 Å². The standard InChI is InChI=1S/C14H24O3/c1-3-17-14(8-4-6-11(2)10-14)13(15)12-7-5-9-16-12/h7,11,13,15H,3-6,8-10H2,1-2H3. The Balaban J connectivity index is 2.14. The average Bonchev–Trinajstić information content (AvgIpc) is 2.81. The molecule has 1 aliphatic heterocycles. The first-order valence-corrected chi connectivity index (χ1v) is 6.83. The lowest BCUT2D eigenvalue weighted by Gasteiger charge is -2.43. The van der Waals surface area contributed by atoms with Gasteiger partial charge in [0.1, 0.15) is 17.5 Å². The molecular formula is C14H24O3. The van der Waals surface area contributed by atoms with Crippen LogP contribution in [0.1, 0.15) is 46.0 Å². The minimum absolute atomic E-state index is 0.414. The number of ether oxygens (including phenoxy) is 2. The van der Waals surface area contributed by atoms with Gasteiger partial charge in [0.25, 0.3) is 0 Å². The van der Waals surface area contributed by atoms with Crippen LogP contribution in [0, 0.1) is 5.92 Å². The van der Waals surface area contributed by atoms with E-state index in [1.54, 1.807) is 0 Å². The Bertz CT molecular complexity index is 283. The Hall–Kier alpha value is -0.540. The minimum atomic E-state index is -0.590. The van der Waals surface area contributed by atoms with E-state index in [1.165, 1.54) is 6.42 Å². The van der Waals surface area contributed by atoms with E-state index in [1.807, 2.05) is 13.0 Å². The fourth-order valence-corrected chi connectivity index (χ4v) is 3.18. The van der Waals surface area contributed by atoms with E-state index in [-0.39, 0.29) is 0 Å². The number of rotatable bonds is 4. The first-order valence-electron chi connectivity index (χ1n) is 6.83. The molecule has 3 unspecified atom stereocenters. The molecule has 0 aromatic carbocycles. The summed E-state index contributed by atoms with van der Waals surface area (Å²) in [5.74, 6) is 1.35. The smallest absolute Gasteiger partial charge is 0.139 e. The summed E-state index contributed by atoms with van der Waals surface area (Å²) in [5.41, 5.74) is -0.414. The van der Waals surface area contributed by atoms with Gasteiger partial charge in [-0.25, -0.2) is 0 Å². The molecule has 0 amide bonds. The predicted molar refractivity (Wildman–Crippen MR) is 66.6 cm³/mol. The summed E-state index contributed by atoms with van der Waals surface area (Å²) in [6, 6.07) is 0. The second-order valence-corrected chi connectivity index (χ2v) is 5.35. The molecule has 0 saturated heterocycles. The van der Waals surface area contributed by atoms with Crippen molar-refractivity contribution >= 4 is 0 Å². The second kappa shape index (κ2) is 5.40. The maximum atomic E-state index is 10.6. The van der Waals surface area contributed by atoms with Crippen molar-refractivity contribution in [3.05, 3.63) is 11.8 Å². The molecular weight excluding hydrogens is 216 g/mol. The van der Waals surface area contributed by atoms with Crippen LogP contribution in [0.4, 0.5) is 0 Å². The number of aliphatic hydroxyl groups is 1. The third-order valence-corrected chi connectivity index (χ3v) is 3.92. The van der Waals surface area contributed by atoms with Crippen molar-refractivity contribution < 1.29 is 14.6 Å². The van der Waals surface area contributed by atoms with Gasteiger partial charge in [-0.2, -0.15) is 0 Å². The number of hydrogen-bond acceptors (Lipinski definition) is 3. The van der Waals surface area contributed by atoms with Crippen molar-refractivity contribution in [1.82, 2.24) is 0 Å². The molecule has 2 aliphatic rings. The van der Waals surface area contributed by atoms with Crippen LogP contribution in [-0.4, -0.2) is 30.0 Å². The van der Waals surface area contributed by atoms with Crippen molar-refractivity contribution in [3.8, 4) is 0 Å². The summed E-state index contributed by atoms with van der Waals surface area (Å²) in [4.78, 5) is 0. The predicted octanol–water partition coefficient (Wildman–Crippen LogP) is 2.64. The van der Waals surface area contributed by atoms with E-state index in [2.05, 4.69) is 6.92 Å².